The van der Waals surface area contributed by atoms with Gasteiger partial charge in [-0.3, -0.25) is 14.5 Å². The third kappa shape index (κ3) is 5.32. The molecule has 1 aliphatic heterocycles. The molecule has 0 radical (unpaired) electrons. The summed E-state index contributed by atoms with van der Waals surface area (Å²) in [7, 11) is 1.61. The van der Waals surface area contributed by atoms with Gasteiger partial charge in [0, 0.05) is 37.3 Å². The average molecular weight is 399 g/mol. The van der Waals surface area contributed by atoms with Crippen LogP contribution in [0, 0.1) is 5.82 Å². The molecule has 3 rings (SSSR count). The molecule has 154 valence electrons. The lowest BCUT2D eigenvalue weighted by Crippen LogP contribution is -2.51. The van der Waals surface area contributed by atoms with Crippen LogP contribution in [0.4, 0.5) is 4.39 Å². The van der Waals surface area contributed by atoms with E-state index in [1.54, 1.807) is 12.0 Å². The predicted molar refractivity (Wildman–Crippen MR) is 108 cm³/mol. The van der Waals surface area contributed by atoms with E-state index in [1.165, 1.54) is 24.3 Å². The van der Waals surface area contributed by atoms with Crippen molar-refractivity contribution in [3.05, 3.63) is 65.5 Å². The lowest BCUT2D eigenvalue weighted by Gasteiger charge is -2.34. The van der Waals surface area contributed by atoms with Gasteiger partial charge in [0.25, 0.3) is 5.91 Å². The maximum absolute atomic E-state index is 13.0. The van der Waals surface area contributed by atoms with Crippen LogP contribution < -0.4 is 10.1 Å². The number of carbonyl (C=O) groups excluding carboxylic acids is 2. The van der Waals surface area contributed by atoms with E-state index in [0.29, 0.717) is 31.7 Å². The Morgan fingerprint density at radius 3 is 2.38 bits per heavy atom. The standard InChI is InChI=1S/C22H26FN3O3/c1-16(19-5-3-4-6-20(19)29-2)24-21(27)15-25-11-13-26(14-12-25)22(28)17-7-9-18(23)10-8-17/h3-10,16H,11-15H2,1-2H3,(H,24,27). The normalized spacial score (nSPS) is 15.6. The smallest absolute Gasteiger partial charge is 0.253 e. The Balaban J connectivity index is 1.48. The largest absolute Gasteiger partial charge is 0.496 e. The van der Waals surface area contributed by atoms with E-state index in [4.69, 9.17) is 4.74 Å². The highest BCUT2D eigenvalue weighted by molar-refractivity contribution is 5.94. The SMILES string of the molecule is COc1ccccc1C(C)NC(=O)CN1CCN(C(=O)c2ccc(F)cc2)CC1. The Labute approximate surface area is 170 Å². The summed E-state index contributed by atoms with van der Waals surface area (Å²) >= 11 is 0. The summed E-state index contributed by atoms with van der Waals surface area (Å²) in [6.45, 7) is 4.50. The van der Waals surface area contributed by atoms with Crippen molar-refractivity contribution in [2.24, 2.45) is 0 Å². The van der Waals surface area contributed by atoms with Crippen LogP contribution in [0.25, 0.3) is 0 Å². The number of halogens is 1. The van der Waals surface area contributed by atoms with Gasteiger partial charge in [0.15, 0.2) is 0 Å². The molecule has 0 saturated carbocycles. The molecule has 29 heavy (non-hydrogen) atoms. The maximum atomic E-state index is 13.0. The van der Waals surface area contributed by atoms with Crippen molar-refractivity contribution in [3.63, 3.8) is 0 Å². The second-order valence-electron chi connectivity index (χ2n) is 7.11. The maximum Gasteiger partial charge on any atom is 0.253 e. The van der Waals surface area contributed by atoms with Crippen LogP contribution in [0.1, 0.15) is 28.9 Å². The third-order valence-corrected chi connectivity index (χ3v) is 5.10. The van der Waals surface area contributed by atoms with Crippen LogP contribution in [0.15, 0.2) is 48.5 Å². The summed E-state index contributed by atoms with van der Waals surface area (Å²) in [5.74, 6) is 0.202. The number of carbonyl (C=O) groups is 2. The van der Waals surface area contributed by atoms with E-state index in [1.807, 2.05) is 36.1 Å². The van der Waals surface area contributed by atoms with E-state index in [0.717, 1.165) is 11.3 Å². The van der Waals surface area contributed by atoms with Gasteiger partial charge < -0.3 is 15.0 Å². The molecule has 0 bridgehead atoms. The zero-order valence-corrected chi connectivity index (χ0v) is 16.7. The molecule has 2 amide bonds. The molecule has 0 spiro atoms. The van der Waals surface area contributed by atoms with Gasteiger partial charge in [0.05, 0.1) is 19.7 Å². The molecule has 7 heteroatoms. The quantitative estimate of drug-likeness (QED) is 0.811. The van der Waals surface area contributed by atoms with E-state index in [2.05, 4.69) is 5.32 Å². The van der Waals surface area contributed by atoms with E-state index in [9.17, 15) is 14.0 Å². The lowest BCUT2D eigenvalue weighted by atomic mass is 10.1. The first-order chi connectivity index (χ1) is 14.0. The fourth-order valence-electron chi connectivity index (χ4n) is 3.48. The van der Waals surface area contributed by atoms with Crippen LogP contribution in [0.2, 0.25) is 0 Å². The van der Waals surface area contributed by atoms with Gasteiger partial charge >= 0.3 is 0 Å². The molecular formula is C22H26FN3O3. The number of nitrogens with one attached hydrogen (secondary N) is 1. The van der Waals surface area contributed by atoms with Gasteiger partial charge in [-0.25, -0.2) is 4.39 Å². The zero-order chi connectivity index (χ0) is 20.8. The highest BCUT2D eigenvalue weighted by atomic mass is 19.1. The first kappa shape index (κ1) is 20.8. The van der Waals surface area contributed by atoms with Crippen molar-refractivity contribution in [2.45, 2.75) is 13.0 Å². The summed E-state index contributed by atoms with van der Waals surface area (Å²) in [5, 5.41) is 3.01. The number of piperazine rings is 1. The topological polar surface area (TPSA) is 61.9 Å². The molecule has 1 fully saturated rings. The Morgan fingerprint density at radius 1 is 1.07 bits per heavy atom. The van der Waals surface area contributed by atoms with Crippen LogP contribution >= 0.6 is 0 Å². The minimum Gasteiger partial charge on any atom is -0.496 e. The summed E-state index contributed by atoms with van der Waals surface area (Å²) in [6, 6.07) is 13.0. The minimum atomic E-state index is -0.361. The summed E-state index contributed by atoms with van der Waals surface area (Å²) < 4.78 is 18.4. The first-order valence-corrected chi connectivity index (χ1v) is 9.67. The van der Waals surface area contributed by atoms with Crippen molar-refractivity contribution in [2.75, 3.05) is 39.8 Å². The Kier molecular flexibility index (Phi) is 6.82. The average Bonchev–Trinajstić information content (AvgIpc) is 2.74. The number of methoxy groups -OCH3 is 1. The Hall–Kier alpha value is -2.93. The van der Waals surface area contributed by atoms with Gasteiger partial charge in [0.1, 0.15) is 11.6 Å². The second kappa shape index (κ2) is 9.52. The number of ether oxygens (including phenoxy) is 1. The molecule has 6 nitrogen and oxygen atoms in total. The van der Waals surface area contributed by atoms with Gasteiger partial charge in [-0.15, -0.1) is 0 Å². The van der Waals surface area contributed by atoms with E-state index < -0.39 is 0 Å². The van der Waals surface area contributed by atoms with E-state index >= 15 is 0 Å². The monoisotopic (exact) mass is 399 g/mol. The van der Waals surface area contributed by atoms with Crippen molar-refractivity contribution < 1.29 is 18.7 Å². The summed E-state index contributed by atoms with van der Waals surface area (Å²) in [5.41, 5.74) is 1.40. The van der Waals surface area contributed by atoms with Gasteiger partial charge in [-0.2, -0.15) is 0 Å². The van der Waals surface area contributed by atoms with Crippen LogP contribution in [-0.2, 0) is 4.79 Å². The molecule has 0 aromatic heterocycles. The van der Waals surface area contributed by atoms with Crippen molar-refractivity contribution in [1.29, 1.82) is 0 Å². The van der Waals surface area contributed by atoms with Crippen LogP contribution in [-0.4, -0.2) is 61.4 Å². The van der Waals surface area contributed by atoms with Crippen LogP contribution in [0.5, 0.6) is 5.75 Å². The fraction of sp³-hybridized carbons (Fsp3) is 0.364. The van der Waals surface area contributed by atoms with Crippen LogP contribution in [0.3, 0.4) is 0 Å². The Morgan fingerprint density at radius 2 is 1.72 bits per heavy atom. The number of benzene rings is 2. The van der Waals surface area contributed by atoms with E-state index in [-0.39, 0.29) is 30.2 Å². The van der Waals surface area contributed by atoms with Crippen molar-refractivity contribution in [1.82, 2.24) is 15.1 Å². The summed E-state index contributed by atoms with van der Waals surface area (Å²) in [6.07, 6.45) is 0. The van der Waals surface area contributed by atoms with Crippen molar-refractivity contribution >= 4 is 11.8 Å². The first-order valence-electron chi connectivity index (χ1n) is 9.67. The third-order valence-electron chi connectivity index (χ3n) is 5.10. The predicted octanol–water partition coefficient (Wildman–Crippen LogP) is 2.47. The lowest BCUT2D eigenvalue weighted by molar-refractivity contribution is -0.123. The molecule has 1 aliphatic rings. The minimum absolute atomic E-state index is 0.0679. The Bertz CT molecular complexity index is 849. The van der Waals surface area contributed by atoms with Gasteiger partial charge in [-0.1, -0.05) is 18.2 Å². The molecule has 1 heterocycles. The number of amides is 2. The molecule has 1 saturated heterocycles. The molecular weight excluding hydrogens is 373 g/mol. The molecule has 2 aromatic rings. The molecule has 1 unspecified atom stereocenters. The molecule has 2 aromatic carbocycles. The number of hydrogen-bond donors (Lipinski definition) is 1. The number of nitrogens with zero attached hydrogens (tertiary/aromatic N) is 2. The number of rotatable bonds is 6. The summed E-state index contributed by atoms with van der Waals surface area (Å²) in [4.78, 5) is 28.7. The second-order valence-corrected chi connectivity index (χ2v) is 7.11. The highest BCUT2D eigenvalue weighted by Crippen LogP contribution is 2.24. The highest BCUT2D eigenvalue weighted by Gasteiger charge is 2.24. The fourth-order valence-corrected chi connectivity index (χ4v) is 3.48. The van der Waals surface area contributed by atoms with Gasteiger partial charge in [-0.05, 0) is 37.3 Å². The molecule has 1 atom stereocenters. The van der Waals surface area contributed by atoms with Gasteiger partial charge in [0.2, 0.25) is 5.91 Å². The zero-order valence-electron chi connectivity index (χ0n) is 16.7. The van der Waals surface area contributed by atoms with Crippen molar-refractivity contribution in [3.8, 4) is 5.75 Å². The molecule has 0 aliphatic carbocycles. The number of para-hydroxylation sites is 1. The number of hydrogen-bond acceptors (Lipinski definition) is 4. The molecule has 1 N–H and O–H groups in total.